The lowest BCUT2D eigenvalue weighted by Gasteiger charge is -2.29. The highest BCUT2D eigenvalue weighted by molar-refractivity contribution is 5.37. The molecule has 3 unspecified atom stereocenters. The number of hydrogen-bond acceptors (Lipinski definition) is 5. The van der Waals surface area contributed by atoms with Gasteiger partial charge in [0.1, 0.15) is 22.7 Å². The Labute approximate surface area is 160 Å². The Kier molecular flexibility index (Phi) is 5.31. The van der Waals surface area contributed by atoms with Gasteiger partial charge in [0.05, 0.1) is 6.26 Å². The average Bonchev–Trinajstić information content (AvgIpc) is 3.35. The zero-order chi connectivity index (χ0) is 18.9. The molecule has 0 aromatic carbocycles. The van der Waals surface area contributed by atoms with Gasteiger partial charge in [0, 0.05) is 31.6 Å². The van der Waals surface area contributed by atoms with Crippen molar-refractivity contribution in [1.82, 2.24) is 0 Å². The predicted molar refractivity (Wildman–Crippen MR) is 102 cm³/mol. The van der Waals surface area contributed by atoms with Gasteiger partial charge in [-0.2, -0.15) is 0 Å². The summed E-state index contributed by atoms with van der Waals surface area (Å²) in [5.41, 5.74) is -0.921. The van der Waals surface area contributed by atoms with Gasteiger partial charge >= 0.3 is 5.63 Å². The van der Waals surface area contributed by atoms with Crippen LogP contribution in [0.3, 0.4) is 0 Å². The highest BCUT2D eigenvalue weighted by Gasteiger charge is 2.45. The van der Waals surface area contributed by atoms with Crippen LogP contribution in [0, 0.1) is 11.8 Å². The number of ether oxygens (including phenoxy) is 2. The molecule has 1 saturated carbocycles. The first-order chi connectivity index (χ1) is 13.1. The van der Waals surface area contributed by atoms with Gasteiger partial charge in [0.15, 0.2) is 0 Å². The highest BCUT2D eigenvalue weighted by atomic mass is 16.5. The molecule has 2 fully saturated rings. The van der Waals surface area contributed by atoms with E-state index in [9.17, 15) is 9.90 Å². The highest BCUT2D eigenvalue weighted by Crippen LogP contribution is 2.48. The maximum Gasteiger partial charge on any atom is 0.347 e. The van der Waals surface area contributed by atoms with Gasteiger partial charge in [0.25, 0.3) is 0 Å². The minimum atomic E-state index is -0.761. The molecule has 1 saturated heterocycles. The monoisotopic (exact) mass is 374 g/mol. The van der Waals surface area contributed by atoms with Gasteiger partial charge in [-0.25, -0.2) is 4.79 Å². The van der Waals surface area contributed by atoms with E-state index < -0.39 is 11.2 Å². The Balaban J connectivity index is 1.59. The second-order valence-corrected chi connectivity index (χ2v) is 8.46. The third-order valence-electron chi connectivity index (χ3n) is 6.33. The van der Waals surface area contributed by atoms with Crippen LogP contribution < -0.4 is 5.63 Å². The second-order valence-electron chi connectivity index (χ2n) is 8.46. The Hall–Kier alpha value is -1.75. The molecule has 2 aliphatic heterocycles. The summed E-state index contributed by atoms with van der Waals surface area (Å²) in [6.07, 6.45) is 11.3. The van der Waals surface area contributed by atoms with Crippen molar-refractivity contribution in [1.29, 1.82) is 0 Å². The summed E-state index contributed by atoms with van der Waals surface area (Å²) in [7, 11) is 0. The van der Waals surface area contributed by atoms with Gasteiger partial charge in [-0.15, -0.1) is 0 Å². The van der Waals surface area contributed by atoms with Crippen molar-refractivity contribution < 1.29 is 19.0 Å². The minimum Gasteiger partial charge on any atom is -0.507 e. The predicted octanol–water partition coefficient (Wildman–Crippen LogP) is 4.59. The molecule has 27 heavy (non-hydrogen) atoms. The first kappa shape index (κ1) is 18.6. The van der Waals surface area contributed by atoms with Crippen molar-refractivity contribution >= 4 is 0 Å². The van der Waals surface area contributed by atoms with E-state index in [0.717, 1.165) is 58.2 Å². The lowest BCUT2D eigenvalue weighted by molar-refractivity contribution is 0.0208. The van der Waals surface area contributed by atoms with Crippen LogP contribution in [-0.2, 0) is 15.1 Å². The first-order valence-corrected chi connectivity index (χ1v) is 10.4. The largest absolute Gasteiger partial charge is 0.507 e. The van der Waals surface area contributed by atoms with Gasteiger partial charge in [0.2, 0.25) is 0 Å². The quantitative estimate of drug-likeness (QED) is 0.756. The third-order valence-corrected chi connectivity index (χ3v) is 6.33. The third kappa shape index (κ3) is 3.93. The van der Waals surface area contributed by atoms with Gasteiger partial charge in [-0.1, -0.05) is 19.8 Å². The van der Waals surface area contributed by atoms with Crippen molar-refractivity contribution in [3.05, 3.63) is 40.1 Å². The van der Waals surface area contributed by atoms with E-state index in [0.29, 0.717) is 29.6 Å². The maximum atomic E-state index is 12.9. The van der Waals surface area contributed by atoms with E-state index >= 15 is 0 Å². The minimum absolute atomic E-state index is 0.0175. The molecule has 3 aliphatic rings. The van der Waals surface area contributed by atoms with Crippen LogP contribution in [0.5, 0.6) is 5.75 Å². The molecule has 3 atom stereocenters. The van der Waals surface area contributed by atoms with Gasteiger partial charge in [-0.3, -0.25) is 0 Å². The number of hydrogen-bond donors (Lipinski definition) is 1. The summed E-state index contributed by atoms with van der Waals surface area (Å²) in [6, 6.07) is 1.66. The van der Waals surface area contributed by atoms with Crippen LogP contribution in [0.15, 0.2) is 27.6 Å². The molecule has 5 nitrogen and oxygen atoms in total. The standard InChI is InChI=1S/C22H30O5/c1-2-17(11-16-5-3-9-25-14-16)19-12-18(23)20(21(24)27-19)22(8-4-10-26-22)13-15-6-7-15/h4,10,12,15-17,23H,2-3,5-9,11,13-14H2,1H3. The Morgan fingerprint density at radius 1 is 1.30 bits per heavy atom. The molecule has 0 amide bonds. The van der Waals surface area contributed by atoms with Crippen LogP contribution in [0.25, 0.3) is 0 Å². The van der Waals surface area contributed by atoms with Crippen LogP contribution in [-0.4, -0.2) is 18.3 Å². The van der Waals surface area contributed by atoms with E-state index in [1.807, 2.05) is 6.08 Å². The molecule has 1 aliphatic carbocycles. The molecule has 5 heteroatoms. The van der Waals surface area contributed by atoms with E-state index in [4.69, 9.17) is 13.9 Å². The zero-order valence-electron chi connectivity index (χ0n) is 16.1. The number of rotatable bonds is 7. The van der Waals surface area contributed by atoms with E-state index in [1.165, 1.54) is 0 Å². The summed E-state index contributed by atoms with van der Waals surface area (Å²) in [4.78, 5) is 12.9. The lowest BCUT2D eigenvalue weighted by atomic mass is 9.84. The lowest BCUT2D eigenvalue weighted by Crippen LogP contribution is -2.32. The number of aromatic hydroxyl groups is 1. The summed E-state index contributed by atoms with van der Waals surface area (Å²) in [5, 5.41) is 10.8. The molecule has 1 aromatic rings. The smallest absolute Gasteiger partial charge is 0.347 e. The molecular weight excluding hydrogens is 344 g/mol. The fourth-order valence-corrected chi connectivity index (χ4v) is 4.65. The molecule has 4 rings (SSSR count). The normalized spacial score (nSPS) is 28.9. The van der Waals surface area contributed by atoms with Crippen molar-refractivity contribution in [2.45, 2.75) is 69.8 Å². The average molecular weight is 374 g/mol. The molecule has 148 valence electrons. The van der Waals surface area contributed by atoms with E-state index in [2.05, 4.69) is 6.92 Å². The fourth-order valence-electron chi connectivity index (χ4n) is 4.65. The van der Waals surface area contributed by atoms with Crippen molar-refractivity contribution in [2.75, 3.05) is 13.2 Å². The van der Waals surface area contributed by atoms with E-state index in [1.54, 1.807) is 12.3 Å². The maximum absolute atomic E-state index is 12.9. The zero-order valence-corrected chi connectivity index (χ0v) is 16.1. The molecular formula is C22H30O5. The second kappa shape index (κ2) is 7.70. The first-order valence-electron chi connectivity index (χ1n) is 10.4. The van der Waals surface area contributed by atoms with Gasteiger partial charge < -0.3 is 19.0 Å². The van der Waals surface area contributed by atoms with Crippen LogP contribution in [0.1, 0.15) is 75.5 Å². The van der Waals surface area contributed by atoms with Crippen molar-refractivity contribution in [3.63, 3.8) is 0 Å². The molecule has 0 bridgehead atoms. The fraction of sp³-hybridized carbons (Fsp3) is 0.682. The van der Waals surface area contributed by atoms with Crippen LogP contribution in [0.4, 0.5) is 0 Å². The Bertz CT molecular complexity index is 732. The Morgan fingerprint density at radius 3 is 2.74 bits per heavy atom. The van der Waals surface area contributed by atoms with Crippen LogP contribution in [0.2, 0.25) is 0 Å². The summed E-state index contributed by atoms with van der Waals surface area (Å²) in [5.74, 6) is 1.77. The molecule has 0 spiro atoms. The SMILES string of the molecule is CCC(CC1CCCOC1)c1cc(O)c(C2(CC3CC3)CC=CO2)c(=O)o1. The van der Waals surface area contributed by atoms with Gasteiger partial charge in [-0.05, 0) is 50.0 Å². The topological polar surface area (TPSA) is 68.9 Å². The molecule has 1 aromatic heterocycles. The molecule has 3 heterocycles. The molecule has 1 N–H and O–H groups in total. The summed E-state index contributed by atoms with van der Waals surface area (Å²) < 4.78 is 17.2. The van der Waals surface area contributed by atoms with Crippen molar-refractivity contribution in [2.24, 2.45) is 11.8 Å². The van der Waals surface area contributed by atoms with Crippen molar-refractivity contribution in [3.8, 4) is 5.75 Å². The van der Waals surface area contributed by atoms with Crippen LogP contribution >= 0.6 is 0 Å². The summed E-state index contributed by atoms with van der Waals surface area (Å²) in [6.45, 7) is 3.71. The molecule has 0 radical (unpaired) electrons. The Morgan fingerprint density at radius 2 is 2.15 bits per heavy atom. The van der Waals surface area contributed by atoms with E-state index in [-0.39, 0.29) is 11.7 Å². The summed E-state index contributed by atoms with van der Waals surface area (Å²) >= 11 is 0.